The lowest BCUT2D eigenvalue weighted by molar-refractivity contribution is 0.348. The average Bonchev–Trinajstić information content (AvgIpc) is 0.844. The fraction of sp³-hybridized carbons (Fsp3) is 0.667. The summed E-state index contributed by atoms with van der Waals surface area (Å²) in [5.41, 5.74) is 9.82. The molecule has 8 bridgehead atoms. The molecule has 88 heavy (non-hydrogen) atoms. The van der Waals surface area contributed by atoms with Crippen molar-refractivity contribution in [2.45, 2.75) is 261 Å². The van der Waals surface area contributed by atoms with Gasteiger partial charge in [0.15, 0.2) is 0 Å². The first-order chi connectivity index (χ1) is 43.1. The monoisotopic (exact) mass is 1280 g/mol. The highest BCUT2D eigenvalue weighted by Crippen LogP contribution is 2.64. The van der Waals surface area contributed by atoms with E-state index in [4.69, 9.17) is 36.2 Å². The standard InChI is InChI=1S/C72H112N4O8P4/c1-13-25-29-33-37-41-53-57-45-59-54(42-38-34-30-26-14-2)61-47-63-56(44-40-36-32-28-16-4)64-48-62-55(43-39-35-31-27-15-3)60-46-58(53)66-50-68(60)80-87(75(21-9)22-10)82-70(62)52-72(64)84-88(76(23-11)24-12)83-71(63)51-69(61)81-86(74(19-7)20-8)79-67(59)49-65(57)77-85(78-66)73(17-5)18-6/h45-56H,13-44H2,1-12H3. The van der Waals surface area contributed by atoms with Crippen LogP contribution in [0.5, 0.6) is 46.0 Å². The van der Waals surface area contributed by atoms with Crippen molar-refractivity contribution in [1.82, 2.24) is 18.7 Å². The summed E-state index contributed by atoms with van der Waals surface area (Å²) >= 11 is 0. The van der Waals surface area contributed by atoms with Crippen molar-refractivity contribution in [2.24, 2.45) is 0 Å². The molecule has 16 heteroatoms. The molecule has 12 nitrogen and oxygen atoms in total. The van der Waals surface area contributed by atoms with Gasteiger partial charge in [-0.15, -0.1) is 0 Å². The van der Waals surface area contributed by atoms with Gasteiger partial charge in [0.1, 0.15) is 46.0 Å². The minimum absolute atomic E-state index is 0.0463. The number of hydrogen-bond acceptors (Lipinski definition) is 12. The zero-order valence-corrected chi connectivity index (χ0v) is 60.0. The lowest BCUT2D eigenvalue weighted by Crippen LogP contribution is -2.27. The highest BCUT2D eigenvalue weighted by atomic mass is 31.2. The largest absolute Gasteiger partial charge is 0.427 e. The van der Waals surface area contributed by atoms with E-state index in [1.807, 2.05) is 0 Å². The van der Waals surface area contributed by atoms with Crippen molar-refractivity contribution < 1.29 is 36.2 Å². The highest BCUT2D eigenvalue weighted by molar-refractivity contribution is 7.46. The molecule has 0 saturated carbocycles. The summed E-state index contributed by atoms with van der Waals surface area (Å²) in [5, 5.41) is 0. The van der Waals surface area contributed by atoms with E-state index in [9.17, 15) is 0 Å². The van der Waals surface area contributed by atoms with Crippen molar-refractivity contribution in [2.75, 3.05) is 52.4 Å². The Morgan fingerprint density at radius 3 is 0.534 bits per heavy atom. The van der Waals surface area contributed by atoms with Gasteiger partial charge in [0, 0.05) is 145 Å². The molecule has 4 aliphatic heterocycles. The molecule has 0 fully saturated rings. The Kier molecular flexibility index (Phi) is 27.3. The molecule has 5 aliphatic rings. The Bertz CT molecular complexity index is 2320. The maximum Gasteiger partial charge on any atom is 0.384 e. The van der Waals surface area contributed by atoms with Gasteiger partial charge in [-0.05, 0) is 49.9 Å². The van der Waals surface area contributed by atoms with Gasteiger partial charge in [0.25, 0.3) is 0 Å². The van der Waals surface area contributed by atoms with Crippen LogP contribution in [0.3, 0.4) is 0 Å². The second-order valence-corrected chi connectivity index (χ2v) is 30.6. The SMILES string of the molecule is CCCCCCCC1c2cc3c4cc2OP(N(CC)CC)Oc2cc5c(cc21)C(CCCCCCC)c1cc2c(cc1OP(N(CC)CC)O5)OP(N(CC)CC)Oc1cc(c(cc1C2CCCCCCC)C3CCCCCCC)OP(N(CC)CC)O4. The van der Waals surface area contributed by atoms with Crippen LogP contribution in [-0.2, 0) is 0 Å². The molecule has 0 atom stereocenters. The molecule has 0 N–H and O–H groups in total. The first-order valence-electron chi connectivity index (χ1n) is 35.5. The summed E-state index contributed by atoms with van der Waals surface area (Å²) in [5.74, 6) is 6.67. The van der Waals surface area contributed by atoms with Crippen molar-refractivity contribution in [3.8, 4) is 46.0 Å². The first-order valence-corrected chi connectivity index (χ1v) is 40.0. The molecule has 0 saturated heterocycles. The zero-order chi connectivity index (χ0) is 62.1. The minimum Gasteiger partial charge on any atom is -0.427 e. The Balaban J connectivity index is 1.46. The molecule has 0 radical (unpaired) electrons. The summed E-state index contributed by atoms with van der Waals surface area (Å²) in [4.78, 5) is 0. The molecule has 1 aliphatic carbocycles. The summed E-state index contributed by atoms with van der Waals surface area (Å²) in [7, 11) is -6.58. The molecule has 4 aromatic carbocycles. The number of nitrogens with zero attached hydrogens (tertiary/aromatic N) is 4. The lowest BCUT2D eigenvalue weighted by atomic mass is 9.76. The van der Waals surface area contributed by atoms with E-state index >= 15 is 0 Å². The number of unbranched alkanes of at least 4 members (excludes halogenated alkanes) is 16. The molecule has 0 aromatic heterocycles. The summed E-state index contributed by atoms with van der Waals surface area (Å²) in [6.45, 7) is 33.2. The fourth-order valence-electron chi connectivity index (χ4n) is 13.9. The Morgan fingerprint density at radius 1 is 0.227 bits per heavy atom. The maximum atomic E-state index is 7.60. The number of hydrogen-bond donors (Lipinski definition) is 0. The van der Waals surface area contributed by atoms with E-state index in [-0.39, 0.29) is 23.7 Å². The zero-order valence-electron chi connectivity index (χ0n) is 56.4. The summed E-state index contributed by atoms with van der Waals surface area (Å²) < 4.78 is 70.3. The molecule has 488 valence electrons. The number of benzene rings is 4. The third-order valence-corrected chi connectivity index (χ3v) is 26.1. The van der Waals surface area contributed by atoms with E-state index < -0.39 is 34.1 Å². The van der Waals surface area contributed by atoms with Crippen molar-refractivity contribution in [3.05, 3.63) is 93.0 Å². The van der Waals surface area contributed by atoms with Crippen molar-refractivity contribution >= 4 is 34.1 Å². The topological polar surface area (TPSA) is 86.8 Å². The van der Waals surface area contributed by atoms with Crippen LogP contribution in [0.1, 0.15) is 305 Å². The third kappa shape index (κ3) is 16.2. The number of rotatable bonds is 36. The van der Waals surface area contributed by atoms with Crippen molar-refractivity contribution in [1.29, 1.82) is 0 Å². The smallest absolute Gasteiger partial charge is 0.384 e. The van der Waals surface area contributed by atoms with Gasteiger partial charge in [-0.1, -0.05) is 212 Å². The van der Waals surface area contributed by atoms with Crippen molar-refractivity contribution in [3.63, 3.8) is 0 Å². The van der Waals surface area contributed by atoms with Crippen LogP contribution in [0, 0.1) is 0 Å². The van der Waals surface area contributed by atoms with E-state index in [1.54, 1.807) is 0 Å². The van der Waals surface area contributed by atoms with Crippen LogP contribution in [-0.4, -0.2) is 71.0 Å². The Hall–Kier alpha value is -3.16. The lowest BCUT2D eigenvalue weighted by Gasteiger charge is -2.39. The molecule has 0 amide bonds. The first kappa shape index (κ1) is 69.2. The minimum atomic E-state index is -1.64. The molecule has 0 unspecified atom stereocenters. The highest BCUT2D eigenvalue weighted by Gasteiger charge is 2.43. The fourth-order valence-corrected chi connectivity index (χ4v) is 19.5. The molecule has 0 spiro atoms. The van der Waals surface area contributed by atoms with Gasteiger partial charge in [-0.2, -0.15) is 0 Å². The van der Waals surface area contributed by atoms with Crippen LogP contribution in [0.2, 0.25) is 0 Å². The normalized spacial score (nSPS) is 21.3. The van der Waals surface area contributed by atoms with E-state index in [1.165, 1.54) is 147 Å². The molecule has 9 rings (SSSR count). The quantitative estimate of drug-likeness (QED) is 0.0321. The van der Waals surface area contributed by atoms with Crippen LogP contribution >= 0.6 is 34.1 Å². The van der Waals surface area contributed by atoms with Gasteiger partial charge in [-0.25, -0.2) is 18.7 Å². The Labute approximate surface area is 538 Å². The van der Waals surface area contributed by atoms with Crippen LogP contribution in [0.4, 0.5) is 0 Å². The average molecular weight is 1290 g/mol. The van der Waals surface area contributed by atoms with E-state index in [2.05, 4.69) is 150 Å². The van der Waals surface area contributed by atoms with Gasteiger partial charge >= 0.3 is 34.1 Å². The maximum absolute atomic E-state index is 7.60. The van der Waals surface area contributed by atoms with Crippen LogP contribution in [0.25, 0.3) is 0 Å². The molecular weight excluding hydrogens is 1170 g/mol. The molecule has 4 aromatic rings. The predicted octanol–water partition coefficient (Wildman–Crippen LogP) is 23.3. The summed E-state index contributed by atoms with van der Waals surface area (Å²) in [6, 6.07) is 19.5. The predicted molar refractivity (Wildman–Crippen MR) is 371 cm³/mol. The van der Waals surface area contributed by atoms with E-state index in [0.29, 0.717) is 0 Å². The Morgan fingerprint density at radius 2 is 0.386 bits per heavy atom. The van der Waals surface area contributed by atoms with Gasteiger partial charge in [0.2, 0.25) is 0 Å². The van der Waals surface area contributed by atoms with E-state index in [0.717, 1.165) is 150 Å². The van der Waals surface area contributed by atoms with Gasteiger partial charge < -0.3 is 36.2 Å². The summed E-state index contributed by atoms with van der Waals surface area (Å²) in [6.07, 6.45) is 27.4. The second kappa shape index (κ2) is 34.7. The third-order valence-electron chi connectivity index (χ3n) is 19.2. The van der Waals surface area contributed by atoms with Gasteiger partial charge in [-0.3, -0.25) is 0 Å². The second-order valence-electron chi connectivity index (χ2n) is 25.0. The van der Waals surface area contributed by atoms with Crippen LogP contribution in [0.15, 0.2) is 48.5 Å². The molecule has 4 heterocycles. The molecular formula is C72H112N4O8P4. The van der Waals surface area contributed by atoms with Gasteiger partial charge in [0.05, 0.1) is 0 Å². The van der Waals surface area contributed by atoms with Crippen LogP contribution < -0.4 is 36.2 Å².